The van der Waals surface area contributed by atoms with E-state index in [1.807, 2.05) is 48.5 Å². The normalized spacial score (nSPS) is 11.8. The largest absolute Gasteiger partial charge is 0.305 e. The summed E-state index contributed by atoms with van der Waals surface area (Å²) in [5.41, 5.74) is 3.27. The van der Waals surface area contributed by atoms with Gasteiger partial charge in [0.1, 0.15) is 10.9 Å². The van der Waals surface area contributed by atoms with Crippen molar-refractivity contribution < 1.29 is 4.57 Å². The van der Waals surface area contributed by atoms with Gasteiger partial charge in [-0.25, -0.2) is 0 Å². The number of fused-ring (bicyclic) bond motifs is 6. The SMILES string of the molecule is O=P(c1ccc(-c2ccc3c4ccccc4c4ccccc4c3c2)cc1)(c1ccccn1)c1ccccn1. The minimum absolute atomic E-state index is 0.538. The molecule has 7 aromatic rings. The quantitative estimate of drug-likeness (QED) is 0.187. The molecule has 3 nitrogen and oxygen atoms in total. The summed E-state index contributed by atoms with van der Waals surface area (Å²) in [6.07, 6.45) is 3.37. The lowest BCUT2D eigenvalue weighted by Gasteiger charge is -2.18. The maximum absolute atomic E-state index is 14.6. The summed E-state index contributed by atoms with van der Waals surface area (Å²) >= 11 is 0. The van der Waals surface area contributed by atoms with Crippen molar-refractivity contribution in [1.29, 1.82) is 0 Å². The third kappa shape index (κ3) is 3.55. The Kier molecular flexibility index (Phi) is 5.39. The standard InChI is InChI=1S/C34H23N2OP/c37-38(33-13-5-7-21-35-33,34-14-6-8-22-36-34)26-18-15-24(16-19-26)25-17-20-31-29-11-2-1-9-27(29)28-10-3-4-12-30(28)32(31)23-25/h1-23H. The number of benzene rings is 5. The molecule has 0 aliphatic heterocycles. The topological polar surface area (TPSA) is 42.9 Å². The molecule has 0 bridgehead atoms. The zero-order chi connectivity index (χ0) is 25.5. The maximum atomic E-state index is 14.6. The fraction of sp³-hybridized carbons (Fsp3) is 0. The molecule has 2 aromatic heterocycles. The highest BCUT2D eigenvalue weighted by Gasteiger charge is 2.32. The van der Waals surface area contributed by atoms with Crippen molar-refractivity contribution in [2.75, 3.05) is 0 Å². The van der Waals surface area contributed by atoms with Crippen LogP contribution in [-0.4, -0.2) is 9.97 Å². The van der Waals surface area contributed by atoms with Crippen LogP contribution in [0, 0.1) is 0 Å². The lowest BCUT2D eigenvalue weighted by atomic mass is 9.92. The number of aromatic nitrogens is 2. The Labute approximate surface area is 220 Å². The summed E-state index contributed by atoms with van der Waals surface area (Å²) in [6, 6.07) is 43.0. The smallest absolute Gasteiger partial charge is 0.205 e. The van der Waals surface area contributed by atoms with E-state index >= 15 is 0 Å². The van der Waals surface area contributed by atoms with Gasteiger partial charge in [0, 0.05) is 17.7 Å². The summed E-state index contributed by atoms with van der Waals surface area (Å²) in [5.74, 6) is 0. The van der Waals surface area contributed by atoms with Gasteiger partial charge in [0.2, 0.25) is 7.14 Å². The summed E-state index contributed by atoms with van der Waals surface area (Å²) < 4.78 is 14.6. The van der Waals surface area contributed by atoms with Crippen LogP contribution in [0.5, 0.6) is 0 Å². The molecule has 0 amide bonds. The van der Waals surface area contributed by atoms with Crippen molar-refractivity contribution in [3.63, 3.8) is 0 Å². The van der Waals surface area contributed by atoms with E-state index in [0.717, 1.165) is 16.4 Å². The first-order valence-electron chi connectivity index (χ1n) is 12.6. The van der Waals surface area contributed by atoms with Gasteiger partial charge in [-0.05, 0) is 73.8 Å². The summed E-state index contributed by atoms with van der Waals surface area (Å²) in [6.45, 7) is 0. The van der Waals surface area contributed by atoms with E-state index in [1.165, 1.54) is 32.3 Å². The number of nitrogens with zero attached hydrogens (tertiary/aromatic N) is 2. The molecule has 7 rings (SSSR count). The molecular formula is C34H23N2OP. The lowest BCUT2D eigenvalue weighted by Crippen LogP contribution is -2.28. The molecule has 0 radical (unpaired) electrons. The Morgan fingerprint density at radius 3 is 1.37 bits per heavy atom. The highest BCUT2D eigenvalue weighted by molar-refractivity contribution is 7.84. The van der Waals surface area contributed by atoms with E-state index in [0.29, 0.717) is 10.9 Å². The van der Waals surface area contributed by atoms with Gasteiger partial charge in [-0.2, -0.15) is 0 Å². The van der Waals surface area contributed by atoms with Crippen LogP contribution in [0.25, 0.3) is 43.4 Å². The first-order valence-corrected chi connectivity index (χ1v) is 14.3. The van der Waals surface area contributed by atoms with Crippen LogP contribution in [-0.2, 0) is 4.57 Å². The monoisotopic (exact) mass is 506 g/mol. The summed E-state index contributed by atoms with van der Waals surface area (Å²) in [7, 11) is -3.21. The van der Waals surface area contributed by atoms with Crippen LogP contribution in [0.15, 0.2) is 140 Å². The van der Waals surface area contributed by atoms with Gasteiger partial charge in [0.25, 0.3) is 0 Å². The minimum Gasteiger partial charge on any atom is -0.305 e. The number of hydrogen-bond acceptors (Lipinski definition) is 3. The van der Waals surface area contributed by atoms with Crippen molar-refractivity contribution in [1.82, 2.24) is 9.97 Å². The average molecular weight is 507 g/mol. The molecule has 0 unspecified atom stereocenters. The molecule has 5 aromatic carbocycles. The van der Waals surface area contributed by atoms with Crippen molar-refractivity contribution in [2.24, 2.45) is 0 Å². The lowest BCUT2D eigenvalue weighted by molar-refractivity contribution is 0.591. The van der Waals surface area contributed by atoms with Crippen molar-refractivity contribution >= 4 is 55.6 Å². The molecule has 2 heterocycles. The van der Waals surface area contributed by atoms with Crippen LogP contribution in [0.3, 0.4) is 0 Å². The van der Waals surface area contributed by atoms with Gasteiger partial charge in [-0.15, -0.1) is 0 Å². The molecule has 180 valence electrons. The highest BCUT2D eigenvalue weighted by atomic mass is 31.2. The van der Waals surface area contributed by atoms with Gasteiger partial charge < -0.3 is 4.57 Å². The number of rotatable bonds is 4. The predicted molar refractivity (Wildman–Crippen MR) is 159 cm³/mol. The molecule has 0 spiro atoms. The van der Waals surface area contributed by atoms with E-state index in [2.05, 4.69) is 88.8 Å². The number of pyridine rings is 2. The molecule has 0 atom stereocenters. The van der Waals surface area contributed by atoms with Crippen LogP contribution in [0.4, 0.5) is 0 Å². The second kappa shape index (κ2) is 9.06. The van der Waals surface area contributed by atoms with E-state index in [1.54, 1.807) is 12.4 Å². The Balaban J connectivity index is 1.38. The number of hydrogen-bond donors (Lipinski definition) is 0. The second-order valence-corrected chi connectivity index (χ2v) is 12.0. The average Bonchev–Trinajstić information content (AvgIpc) is 3.01. The Morgan fingerprint density at radius 2 is 0.868 bits per heavy atom. The second-order valence-electron chi connectivity index (χ2n) is 9.38. The summed E-state index contributed by atoms with van der Waals surface area (Å²) in [5, 5.41) is 8.23. The maximum Gasteiger partial charge on any atom is 0.205 e. The fourth-order valence-electron chi connectivity index (χ4n) is 5.41. The molecule has 38 heavy (non-hydrogen) atoms. The van der Waals surface area contributed by atoms with Crippen molar-refractivity contribution in [2.45, 2.75) is 0 Å². The summed E-state index contributed by atoms with van der Waals surface area (Å²) in [4.78, 5) is 8.94. The van der Waals surface area contributed by atoms with Gasteiger partial charge in [0.15, 0.2) is 0 Å². The van der Waals surface area contributed by atoms with Crippen LogP contribution in [0.1, 0.15) is 0 Å². The third-order valence-corrected chi connectivity index (χ3v) is 10.1. The highest BCUT2D eigenvalue weighted by Crippen LogP contribution is 2.41. The Morgan fingerprint density at radius 1 is 0.421 bits per heavy atom. The van der Waals surface area contributed by atoms with E-state index in [-0.39, 0.29) is 0 Å². The van der Waals surface area contributed by atoms with Gasteiger partial charge in [-0.1, -0.05) is 97.1 Å². The fourth-order valence-corrected chi connectivity index (χ4v) is 7.80. The van der Waals surface area contributed by atoms with E-state index in [9.17, 15) is 4.57 Å². The first kappa shape index (κ1) is 22.6. The van der Waals surface area contributed by atoms with E-state index < -0.39 is 7.14 Å². The van der Waals surface area contributed by atoms with E-state index in [4.69, 9.17) is 0 Å². The predicted octanol–water partition coefficient (Wildman–Crippen LogP) is 7.24. The van der Waals surface area contributed by atoms with Gasteiger partial charge in [0.05, 0.1) is 0 Å². The van der Waals surface area contributed by atoms with Crippen LogP contribution in [0.2, 0.25) is 0 Å². The van der Waals surface area contributed by atoms with Crippen LogP contribution < -0.4 is 16.2 Å². The molecule has 0 aliphatic carbocycles. The molecule has 0 aliphatic rings. The third-order valence-electron chi connectivity index (χ3n) is 7.25. The van der Waals surface area contributed by atoms with Crippen molar-refractivity contribution in [3.05, 3.63) is 140 Å². The van der Waals surface area contributed by atoms with Gasteiger partial charge >= 0.3 is 0 Å². The van der Waals surface area contributed by atoms with Gasteiger partial charge in [-0.3, -0.25) is 9.97 Å². The molecule has 4 heteroatoms. The Bertz CT molecular complexity index is 1910. The van der Waals surface area contributed by atoms with Crippen LogP contribution >= 0.6 is 7.14 Å². The molecule has 0 fully saturated rings. The molecule has 0 saturated heterocycles. The minimum atomic E-state index is -3.21. The molecule has 0 N–H and O–H groups in total. The zero-order valence-corrected chi connectivity index (χ0v) is 21.4. The molecule has 0 saturated carbocycles. The zero-order valence-electron chi connectivity index (χ0n) is 20.5. The first-order chi connectivity index (χ1) is 18.7. The van der Waals surface area contributed by atoms with Crippen molar-refractivity contribution in [3.8, 4) is 11.1 Å². The Hall–Kier alpha value is -4.59. The molecular weight excluding hydrogens is 483 g/mol.